The maximum atomic E-state index is 12.1. The van der Waals surface area contributed by atoms with Gasteiger partial charge in [-0.05, 0) is 349 Å². The molecule has 142 heavy (non-hydrogen) atoms. The lowest BCUT2D eigenvalue weighted by Crippen LogP contribution is -2.32. The Morgan fingerprint density at radius 3 is 1.34 bits per heavy atom. The molecule has 2 aliphatic rings. The lowest BCUT2D eigenvalue weighted by Gasteiger charge is -2.11. The molecule has 37 nitrogen and oxygen atoms in total. The SMILES string of the molecule is CC(C(=O)CNc1ccc(Br)cn1)c1ccc(Cl)nn1.CC(c1ccc(Cl)nn1)c1nnc2ccc(Br)cn12.CC(c1ccc(N)nn1)c1nnc2ccc(Br)cn12.CC(c1ccc2nc(NC(=O)C3CC3)cn2n1)c1nnc2ccc(Br)cn12.CI.COc1cc(C)ccc1CN.COc1ccc(CNc2ccc(C(C)c3nnc4ccc(Br)cn34)nn2)c(C)c1.O=C(CBr)NC(=O)C1CC1.O=P(Cl)(Cl)Cl. The molecular formula is C92H93Br6Cl5IN30O7P. The summed E-state index contributed by atoms with van der Waals surface area (Å²) in [6, 6.07) is 49.3. The van der Waals surface area contributed by atoms with E-state index in [0.29, 0.717) is 52.2 Å². The topological polar surface area (TPSA) is 471 Å². The van der Waals surface area contributed by atoms with Crippen LogP contribution >= 0.6 is 180 Å². The fourth-order valence-corrected chi connectivity index (χ4v) is 15.1. The summed E-state index contributed by atoms with van der Waals surface area (Å²) in [5.74, 6) is 6.75. The van der Waals surface area contributed by atoms with Crippen molar-refractivity contribution < 1.29 is 33.2 Å². The van der Waals surface area contributed by atoms with Crippen LogP contribution in [-0.4, -0.2) is 173 Å². The van der Waals surface area contributed by atoms with Crippen LogP contribution in [0.4, 0.5) is 23.3 Å². The summed E-state index contributed by atoms with van der Waals surface area (Å²) in [6.07, 6.45) is 15.0. The predicted molar refractivity (Wildman–Crippen MR) is 579 cm³/mol. The summed E-state index contributed by atoms with van der Waals surface area (Å²) in [7, 11) is 3.33. The van der Waals surface area contributed by atoms with Crippen molar-refractivity contribution in [3.63, 3.8) is 0 Å². The first-order chi connectivity index (χ1) is 68.0. The van der Waals surface area contributed by atoms with E-state index in [2.05, 4.69) is 290 Å². The highest BCUT2D eigenvalue weighted by atomic mass is 127. The van der Waals surface area contributed by atoms with Gasteiger partial charge < -0.3 is 36.9 Å². The van der Waals surface area contributed by atoms with E-state index in [1.807, 2.05) is 196 Å². The fourth-order valence-electron chi connectivity index (χ4n) is 13.2. The first-order valence-corrected chi connectivity index (χ1v) is 55.6. The second-order valence-corrected chi connectivity index (χ2v) is 44.0. The number of nitrogen functional groups attached to an aromatic ring is 1. The van der Waals surface area contributed by atoms with E-state index in [4.69, 9.17) is 44.1 Å². The number of rotatable bonds is 23. The minimum absolute atomic E-state index is 0.00587. The smallest absolute Gasteiger partial charge is 0.339 e. The molecule has 0 aliphatic heterocycles. The van der Waals surface area contributed by atoms with Crippen molar-refractivity contribution in [2.24, 2.45) is 17.6 Å². The Labute approximate surface area is 904 Å². The third kappa shape index (κ3) is 33.0. The number of carbonyl (C=O) groups is 4. The molecule has 742 valence electrons. The first-order valence-electron chi connectivity index (χ1n) is 43.1. The number of methoxy groups -OCH3 is 2. The standard InChI is InChI=1S/C21H21BrN6O.C18H16BrN7O.C13H12BrClN4O.C12H9BrClN5.C12H11BrN6.C9H13NO.C6H8BrNO2.CH3I.Cl3OP/c1-13-10-17(29-3)6-4-15(13)11-23-19-8-7-18(24-25-19)14(2)21-27-26-20-9-5-16(22)12-28(20)21;1-10(17-23-22-16-6-4-12(19)8-25(16)17)13-5-7-15-20-14(9-26(15)24-13)21-18(27)11-2-3-11;1-8(10-3-4-12(15)19-18-10)11(20)7-17-13-5-2-9(14)6-16-13;2*1-7(9-3-4-10(14)16-15-9)12-18-17-11-5-2-8(13)6-19(11)12;1-7-3-4-8(6-10)9(5-7)11-2;7-3-5(9)8-6(10)4-1-2-4;1-2;1-5(2,3)4/h4-10,12,14H,11H2,1-3H3,(H,23,25);4-11H,2-3H2,1H3,(H,21,27);2-6,8H,7H2,1H3,(H,16,17);2-7H,1H3;2-7H,1H3,(H2,14,16);3-5H,6,10H2,1-2H3;4H,1-3H2,(H,8,9,10);1H3;. The highest BCUT2D eigenvalue weighted by Crippen LogP contribution is 2.61. The number of pyridine rings is 5. The zero-order valence-electron chi connectivity index (χ0n) is 77.4. The van der Waals surface area contributed by atoms with E-state index in [1.165, 1.54) is 16.7 Å². The number of imide groups is 1. The summed E-state index contributed by atoms with van der Waals surface area (Å²) in [5.41, 5.74) is 23.4. The molecule has 5 atom stereocenters. The molecular weight excluding hydrogens is 2450 g/mol. The van der Waals surface area contributed by atoms with Crippen molar-refractivity contribution in [3.05, 3.63) is 302 Å². The minimum atomic E-state index is -3.22. The number of alkyl halides is 2. The number of anilines is 4. The molecule has 0 spiro atoms. The Hall–Kier alpha value is -10.5. The number of hydrogen-bond donors (Lipinski definition) is 6. The molecule has 15 aromatic heterocycles. The molecule has 50 heteroatoms. The molecule has 17 aromatic rings. The molecule has 8 N–H and O–H groups in total. The van der Waals surface area contributed by atoms with Crippen LogP contribution in [0.15, 0.2) is 217 Å². The molecule has 19 rings (SSSR count). The summed E-state index contributed by atoms with van der Waals surface area (Å²) >= 11 is 47.5. The molecule has 0 bridgehead atoms. The van der Waals surface area contributed by atoms with E-state index >= 15 is 0 Å². The number of amides is 3. The van der Waals surface area contributed by atoms with Crippen LogP contribution in [0.3, 0.4) is 0 Å². The fraction of sp³-hybridized carbons (Fsp3) is 0.272. The van der Waals surface area contributed by atoms with Crippen molar-refractivity contribution in [1.82, 2.24) is 124 Å². The summed E-state index contributed by atoms with van der Waals surface area (Å²) in [4.78, 5) is 55.9. The number of nitrogens with two attached hydrogens (primary N) is 2. The van der Waals surface area contributed by atoms with E-state index in [-0.39, 0.29) is 76.8 Å². The van der Waals surface area contributed by atoms with Gasteiger partial charge in [-0.2, -0.15) is 25.5 Å². The number of imidazole rings is 1. The molecule has 0 radical (unpaired) electrons. The van der Waals surface area contributed by atoms with Gasteiger partial charge in [0.25, 0.3) is 0 Å². The maximum Gasteiger partial charge on any atom is 0.339 e. The van der Waals surface area contributed by atoms with Gasteiger partial charge in [0.15, 0.2) is 50.1 Å². The molecule has 2 fully saturated rings. The number of benzene rings is 2. The summed E-state index contributed by atoms with van der Waals surface area (Å²) in [5, 5.41) is 79.9. The Kier molecular flexibility index (Phi) is 42.5. The lowest BCUT2D eigenvalue weighted by molar-refractivity contribution is -0.130. The van der Waals surface area contributed by atoms with Gasteiger partial charge in [-0.15, -0.1) is 61.2 Å². The molecule has 3 amide bonds. The number of aryl methyl sites for hydroxylation is 2. The normalized spacial score (nSPS) is 12.9. The van der Waals surface area contributed by atoms with Crippen LogP contribution in [0, 0.1) is 25.7 Å². The summed E-state index contributed by atoms with van der Waals surface area (Å²) in [6.45, 7) is 15.4. The van der Waals surface area contributed by atoms with Crippen LogP contribution in [0.25, 0.3) is 28.2 Å². The molecule has 2 aromatic carbocycles. The summed E-state index contributed by atoms with van der Waals surface area (Å²) < 4.78 is 34.1. The number of ketones is 1. The number of nitrogens with one attached hydrogen (secondary N) is 4. The van der Waals surface area contributed by atoms with Crippen molar-refractivity contribution in [1.29, 1.82) is 0 Å². The molecule has 15 heterocycles. The zero-order valence-corrected chi connectivity index (χ0v) is 93.7. The number of fused-ring (bicyclic) bond motifs is 5. The van der Waals surface area contributed by atoms with E-state index in [9.17, 15) is 23.7 Å². The molecule has 5 unspecified atom stereocenters. The number of ether oxygens (including phenoxy) is 2. The number of aromatic nitrogens is 24. The minimum Gasteiger partial charge on any atom is -0.497 e. The van der Waals surface area contributed by atoms with Gasteiger partial charge in [0.05, 0.1) is 90.4 Å². The second kappa shape index (κ2) is 53.9. The number of carbonyl (C=O) groups excluding carboxylic acids is 4. The Bertz CT molecular complexity index is 7050. The highest BCUT2D eigenvalue weighted by molar-refractivity contribution is 14.1. The zero-order chi connectivity index (χ0) is 103. The van der Waals surface area contributed by atoms with E-state index < -0.39 is 5.20 Å². The van der Waals surface area contributed by atoms with Gasteiger partial charge in [-0.1, -0.05) is 79.9 Å². The van der Waals surface area contributed by atoms with Gasteiger partial charge in [-0.25, -0.2) is 14.5 Å². The van der Waals surface area contributed by atoms with Gasteiger partial charge in [0, 0.05) is 83.8 Å². The molecule has 2 aliphatic carbocycles. The number of Topliss-reactive ketones (excluding diaryl/α,β-unsaturated/α-hetero) is 1. The van der Waals surface area contributed by atoms with Crippen LogP contribution in [-0.2, 0) is 36.8 Å². The van der Waals surface area contributed by atoms with Crippen LogP contribution < -0.4 is 42.2 Å². The number of hydrogen-bond acceptors (Lipinski definition) is 30. The van der Waals surface area contributed by atoms with E-state index in [0.717, 1.165) is 140 Å². The van der Waals surface area contributed by atoms with Crippen LogP contribution in [0.5, 0.6) is 11.5 Å². The third-order valence-electron chi connectivity index (χ3n) is 21.2. The maximum absolute atomic E-state index is 12.1. The van der Waals surface area contributed by atoms with Crippen LogP contribution in [0.1, 0.15) is 164 Å². The van der Waals surface area contributed by atoms with Gasteiger partial charge >= 0.3 is 5.20 Å². The average Bonchev–Trinajstić information content (AvgIpc) is 1.64. The Morgan fingerprint density at radius 2 is 0.915 bits per heavy atom. The molecule has 0 saturated heterocycles. The number of halogens is 12. The number of nitrogens with zero attached hydrogens (tertiary/aromatic N) is 24. The second-order valence-electron chi connectivity index (χ2n) is 31.4. The Morgan fingerprint density at radius 1 is 0.479 bits per heavy atom. The van der Waals surface area contributed by atoms with Crippen molar-refractivity contribution in [3.8, 4) is 11.5 Å². The van der Waals surface area contributed by atoms with Gasteiger partial charge in [0.2, 0.25) is 17.7 Å². The lowest BCUT2D eigenvalue weighted by atomic mass is 10.0. The predicted octanol–water partition coefficient (Wildman–Crippen LogP) is 21.3. The third-order valence-corrected chi connectivity index (χ3v) is 24.5. The van der Waals surface area contributed by atoms with Crippen molar-refractivity contribution in [2.75, 3.05) is 52.7 Å². The molecule has 2 saturated carbocycles. The Balaban J connectivity index is 0.000000160. The highest BCUT2D eigenvalue weighted by Gasteiger charge is 2.32. The average molecular weight is 2550 g/mol. The van der Waals surface area contributed by atoms with E-state index in [1.54, 1.807) is 68.4 Å². The monoisotopic (exact) mass is 2540 g/mol. The largest absolute Gasteiger partial charge is 0.497 e. The first kappa shape index (κ1) is 112. The van der Waals surface area contributed by atoms with Gasteiger partial charge in [0.1, 0.15) is 52.3 Å². The van der Waals surface area contributed by atoms with Crippen molar-refractivity contribution >= 4 is 255 Å². The van der Waals surface area contributed by atoms with Gasteiger partial charge in [-0.3, -0.25) is 46.7 Å². The quantitative estimate of drug-likeness (QED) is 0.0197. The van der Waals surface area contributed by atoms with Crippen LogP contribution in [0.2, 0.25) is 10.3 Å². The van der Waals surface area contributed by atoms with Crippen molar-refractivity contribution in [2.45, 2.75) is 117 Å².